The zero-order chi connectivity index (χ0) is 15.9. The number of oxime groups is 1. The second-order valence-electron chi connectivity index (χ2n) is 5.67. The minimum atomic E-state index is 0.136. The van der Waals surface area contributed by atoms with E-state index in [9.17, 15) is 4.79 Å². The molecular weight excluding hydrogens is 300 g/mol. The van der Waals surface area contributed by atoms with Crippen LogP contribution in [0.25, 0.3) is 0 Å². The van der Waals surface area contributed by atoms with Crippen LogP contribution in [0.3, 0.4) is 0 Å². The average Bonchev–Trinajstić information content (AvgIpc) is 2.53. The van der Waals surface area contributed by atoms with Crippen LogP contribution in [-0.2, 0) is 4.79 Å². The van der Waals surface area contributed by atoms with Crippen molar-refractivity contribution >= 4 is 28.9 Å². The Morgan fingerprint density at radius 1 is 1.32 bits per heavy atom. The lowest BCUT2D eigenvalue weighted by molar-refractivity contribution is -0.118. The molecule has 0 saturated carbocycles. The van der Waals surface area contributed by atoms with E-state index < -0.39 is 0 Å². The molecule has 0 aromatic heterocycles. The van der Waals surface area contributed by atoms with Gasteiger partial charge >= 0.3 is 0 Å². The molecule has 0 bridgehead atoms. The van der Waals surface area contributed by atoms with E-state index >= 15 is 0 Å². The van der Waals surface area contributed by atoms with Crippen LogP contribution in [0.1, 0.15) is 57.4 Å². The third-order valence-electron chi connectivity index (χ3n) is 4.05. The Labute approximate surface area is 136 Å². The maximum Gasteiger partial charge on any atom is 0.227 e. The topological polar surface area (TPSA) is 52.9 Å². The summed E-state index contributed by atoms with van der Waals surface area (Å²) in [5.74, 6) is 0.136. The van der Waals surface area contributed by atoms with Gasteiger partial charge in [-0.2, -0.15) is 0 Å². The lowest BCUT2D eigenvalue weighted by Gasteiger charge is -2.30. The van der Waals surface area contributed by atoms with Gasteiger partial charge in [0.05, 0.1) is 11.4 Å². The fourth-order valence-electron chi connectivity index (χ4n) is 2.83. The molecule has 1 amide bonds. The van der Waals surface area contributed by atoms with Crippen LogP contribution in [0.5, 0.6) is 0 Å². The highest BCUT2D eigenvalue weighted by Crippen LogP contribution is 2.30. The predicted molar refractivity (Wildman–Crippen MR) is 90.1 cm³/mol. The maximum atomic E-state index is 12.5. The summed E-state index contributed by atoms with van der Waals surface area (Å²) in [7, 11) is 0. The second kappa shape index (κ2) is 8.18. The van der Waals surface area contributed by atoms with E-state index in [4.69, 9.17) is 16.8 Å². The number of hydrogen-bond donors (Lipinski definition) is 1. The highest BCUT2D eigenvalue weighted by molar-refractivity contribution is 6.31. The molecule has 1 N–H and O–H groups in total. The number of rotatable bonds is 6. The number of fused-ring (bicyclic) bond motifs is 1. The minimum Gasteiger partial charge on any atom is -0.411 e. The Hall–Kier alpha value is -1.55. The van der Waals surface area contributed by atoms with Crippen molar-refractivity contribution < 1.29 is 10.0 Å². The van der Waals surface area contributed by atoms with Crippen LogP contribution >= 0.6 is 11.6 Å². The summed E-state index contributed by atoms with van der Waals surface area (Å²) in [4.78, 5) is 14.3. The smallest absolute Gasteiger partial charge is 0.227 e. The number of hydrogen-bond acceptors (Lipinski definition) is 3. The Bertz CT molecular complexity index is 558. The van der Waals surface area contributed by atoms with Crippen molar-refractivity contribution in [2.45, 2.75) is 51.9 Å². The second-order valence-corrected chi connectivity index (χ2v) is 6.10. The number of halogens is 1. The van der Waals surface area contributed by atoms with Crippen molar-refractivity contribution in [3.05, 3.63) is 28.8 Å². The van der Waals surface area contributed by atoms with Crippen LogP contribution in [0, 0.1) is 0 Å². The van der Waals surface area contributed by atoms with Gasteiger partial charge in [0.25, 0.3) is 0 Å². The van der Waals surface area contributed by atoms with Crippen molar-refractivity contribution in [3.63, 3.8) is 0 Å². The molecule has 0 atom stereocenters. The van der Waals surface area contributed by atoms with Crippen molar-refractivity contribution in [1.29, 1.82) is 0 Å². The van der Waals surface area contributed by atoms with E-state index in [0.29, 0.717) is 30.1 Å². The fraction of sp³-hybridized carbons (Fsp3) is 0.529. The van der Waals surface area contributed by atoms with Crippen LogP contribution in [0.15, 0.2) is 23.4 Å². The monoisotopic (exact) mass is 322 g/mol. The van der Waals surface area contributed by atoms with Gasteiger partial charge in [-0.1, -0.05) is 49.4 Å². The first kappa shape index (κ1) is 16.8. The lowest BCUT2D eigenvalue weighted by atomic mass is 9.99. The van der Waals surface area contributed by atoms with Crippen LogP contribution < -0.4 is 4.90 Å². The van der Waals surface area contributed by atoms with E-state index in [2.05, 4.69) is 12.1 Å². The molecule has 2 rings (SSSR count). The van der Waals surface area contributed by atoms with Crippen LogP contribution in [0.2, 0.25) is 5.02 Å². The van der Waals surface area contributed by atoms with E-state index in [0.717, 1.165) is 24.1 Å². The van der Waals surface area contributed by atoms with E-state index in [-0.39, 0.29) is 5.91 Å². The zero-order valence-corrected chi connectivity index (χ0v) is 13.8. The Morgan fingerprint density at radius 3 is 2.82 bits per heavy atom. The standard InChI is InChI=1S/C17H23ClN2O2/c1-2-3-4-5-6-7-17(21)20-11-10-15(19-22)14-12-13(18)8-9-16(14)20/h8-9,12,22H,2-7,10-11H2,1H3. The van der Waals surface area contributed by atoms with Gasteiger partial charge in [-0.25, -0.2) is 0 Å². The molecule has 0 saturated heterocycles. The van der Waals surface area contributed by atoms with Crippen molar-refractivity contribution in [2.75, 3.05) is 11.4 Å². The summed E-state index contributed by atoms with van der Waals surface area (Å²) < 4.78 is 0. The molecule has 4 nitrogen and oxygen atoms in total. The van der Waals surface area contributed by atoms with Gasteiger partial charge in [-0.05, 0) is 24.6 Å². The Morgan fingerprint density at radius 2 is 2.09 bits per heavy atom. The summed E-state index contributed by atoms with van der Waals surface area (Å²) in [6.07, 6.45) is 6.77. The van der Waals surface area contributed by atoms with Gasteiger partial charge in [0.1, 0.15) is 0 Å². The molecule has 0 aliphatic carbocycles. The van der Waals surface area contributed by atoms with Gasteiger partial charge in [0.2, 0.25) is 5.91 Å². The zero-order valence-electron chi connectivity index (χ0n) is 13.0. The number of unbranched alkanes of at least 4 members (excludes halogenated alkanes) is 4. The van der Waals surface area contributed by atoms with E-state index in [1.165, 1.54) is 19.3 Å². The average molecular weight is 323 g/mol. The Balaban J connectivity index is 2.05. The normalized spacial score (nSPS) is 15.9. The summed E-state index contributed by atoms with van der Waals surface area (Å²) in [6, 6.07) is 5.35. The highest BCUT2D eigenvalue weighted by Gasteiger charge is 2.26. The summed E-state index contributed by atoms with van der Waals surface area (Å²) in [6.45, 7) is 2.74. The predicted octanol–water partition coefficient (Wildman–Crippen LogP) is 4.62. The minimum absolute atomic E-state index is 0.136. The molecule has 0 spiro atoms. The molecule has 5 heteroatoms. The summed E-state index contributed by atoms with van der Waals surface area (Å²) in [5.41, 5.74) is 2.13. The van der Waals surface area contributed by atoms with Gasteiger partial charge in [0.15, 0.2) is 0 Å². The van der Waals surface area contributed by atoms with Crippen molar-refractivity contribution in [3.8, 4) is 0 Å². The largest absolute Gasteiger partial charge is 0.411 e. The van der Waals surface area contributed by atoms with Crippen LogP contribution in [0.4, 0.5) is 5.69 Å². The SMILES string of the molecule is CCCCCCCC(=O)N1CCC(=NO)c2cc(Cl)ccc21. The highest BCUT2D eigenvalue weighted by atomic mass is 35.5. The molecule has 1 aromatic rings. The molecule has 1 aliphatic rings. The number of carbonyl (C=O) groups excluding carboxylic acids is 1. The van der Waals surface area contributed by atoms with Crippen molar-refractivity contribution in [2.24, 2.45) is 5.16 Å². The van der Waals surface area contributed by atoms with Crippen LogP contribution in [-0.4, -0.2) is 23.4 Å². The number of benzene rings is 1. The number of carbonyl (C=O) groups is 1. The third-order valence-corrected chi connectivity index (χ3v) is 4.28. The maximum absolute atomic E-state index is 12.5. The molecule has 22 heavy (non-hydrogen) atoms. The quantitative estimate of drug-likeness (QED) is 0.472. The first-order valence-corrected chi connectivity index (χ1v) is 8.36. The fourth-order valence-corrected chi connectivity index (χ4v) is 3.00. The molecule has 120 valence electrons. The number of amides is 1. The third kappa shape index (κ3) is 4.01. The Kier molecular flexibility index (Phi) is 6.25. The lowest BCUT2D eigenvalue weighted by Crippen LogP contribution is -2.37. The number of nitrogens with zero attached hydrogens (tertiary/aromatic N) is 2. The first-order chi connectivity index (χ1) is 10.7. The van der Waals surface area contributed by atoms with Gasteiger partial charge in [-0.3, -0.25) is 4.79 Å². The van der Waals surface area contributed by atoms with Gasteiger partial charge < -0.3 is 10.1 Å². The summed E-state index contributed by atoms with van der Waals surface area (Å²) >= 11 is 6.02. The molecule has 1 aliphatic heterocycles. The molecular formula is C17H23ClN2O2. The molecule has 0 unspecified atom stereocenters. The van der Waals surface area contributed by atoms with E-state index in [1.807, 2.05) is 6.07 Å². The van der Waals surface area contributed by atoms with Gasteiger partial charge in [0, 0.05) is 30.0 Å². The molecule has 0 fully saturated rings. The molecule has 1 heterocycles. The molecule has 1 aromatic carbocycles. The van der Waals surface area contributed by atoms with Gasteiger partial charge in [-0.15, -0.1) is 0 Å². The first-order valence-electron chi connectivity index (χ1n) is 7.98. The van der Waals surface area contributed by atoms with E-state index in [1.54, 1.807) is 17.0 Å². The van der Waals surface area contributed by atoms with Crippen molar-refractivity contribution in [1.82, 2.24) is 0 Å². The number of anilines is 1. The molecule has 0 radical (unpaired) electrons. The summed E-state index contributed by atoms with van der Waals surface area (Å²) in [5, 5.41) is 13.0.